The van der Waals surface area contributed by atoms with Crippen LogP contribution in [0.2, 0.25) is 0 Å². The number of nitrogens with zero attached hydrogens (tertiary/aromatic N) is 1. The number of rotatable bonds is 5. The van der Waals surface area contributed by atoms with Crippen LogP contribution in [0.25, 0.3) is 10.9 Å². The molecule has 4 nitrogen and oxygen atoms in total. The van der Waals surface area contributed by atoms with E-state index in [0.29, 0.717) is 10.9 Å². The number of aryl methyl sites for hydroxylation is 1. The lowest BCUT2D eigenvalue weighted by molar-refractivity contribution is 0.557. The van der Waals surface area contributed by atoms with Gasteiger partial charge in [0, 0.05) is 23.5 Å². The van der Waals surface area contributed by atoms with Gasteiger partial charge in [-0.3, -0.25) is 4.98 Å². The Kier molecular flexibility index (Phi) is 4.86. The maximum Gasteiger partial charge on any atom is 0.241 e. The van der Waals surface area contributed by atoms with Crippen LogP contribution in [-0.2, 0) is 10.0 Å². The summed E-state index contributed by atoms with van der Waals surface area (Å²) in [6.07, 6.45) is 1.66. The number of hydrogen-bond acceptors (Lipinski definition) is 3. The van der Waals surface area contributed by atoms with Gasteiger partial charge in [-0.2, -0.15) is 0 Å². The largest absolute Gasteiger partial charge is 0.256 e. The lowest BCUT2D eigenvalue weighted by Crippen LogP contribution is -2.32. The highest BCUT2D eigenvalue weighted by Gasteiger charge is 2.20. The fraction of sp³-hybridized carbons (Fsp3) is 0.400. The molecule has 0 amide bonds. The normalized spacial score (nSPS) is 13.8. The fourth-order valence-electron chi connectivity index (χ4n) is 2.02. The average Bonchev–Trinajstić information content (AvgIpc) is 2.45. The van der Waals surface area contributed by atoms with Crippen molar-refractivity contribution in [3.8, 4) is 0 Å². The predicted molar refractivity (Wildman–Crippen MR) is 86.1 cm³/mol. The number of alkyl halides is 1. The Hall–Kier alpha value is -1.17. The molecule has 0 spiro atoms. The molecular formula is C15H19ClN2O2S. The molecule has 0 bridgehead atoms. The number of aromatic nitrogens is 1. The topological polar surface area (TPSA) is 59.1 Å². The van der Waals surface area contributed by atoms with E-state index in [9.17, 15) is 8.42 Å². The van der Waals surface area contributed by atoms with Crippen molar-refractivity contribution in [1.29, 1.82) is 0 Å². The van der Waals surface area contributed by atoms with Gasteiger partial charge in [0.05, 0.1) is 10.4 Å². The molecule has 0 saturated heterocycles. The standard InChI is InChI=1S/C15H19ClN2O2S/c1-10(2)13(16)9-18-21(19,20)14-7-6-11(3)15-12(14)5-4-8-17-15/h4-8,10,13,18H,9H2,1-3H3. The smallest absolute Gasteiger partial charge is 0.241 e. The molecule has 21 heavy (non-hydrogen) atoms. The molecule has 0 aliphatic rings. The average molecular weight is 327 g/mol. The van der Waals surface area contributed by atoms with Crippen molar-refractivity contribution < 1.29 is 8.42 Å². The summed E-state index contributed by atoms with van der Waals surface area (Å²) in [4.78, 5) is 4.50. The molecular weight excluding hydrogens is 308 g/mol. The molecule has 2 rings (SSSR count). The van der Waals surface area contributed by atoms with Gasteiger partial charge in [-0.05, 0) is 36.6 Å². The van der Waals surface area contributed by atoms with Crippen LogP contribution in [0.15, 0.2) is 35.4 Å². The summed E-state index contributed by atoms with van der Waals surface area (Å²) in [5.74, 6) is 0.200. The molecule has 0 saturated carbocycles. The van der Waals surface area contributed by atoms with Gasteiger partial charge in [-0.1, -0.05) is 19.9 Å². The van der Waals surface area contributed by atoms with E-state index in [0.717, 1.165) is 5.56 Å². The van der Waals surface area contributed by atoms with Crippen LogP contribution in [0.3, 0.4) is 0 Å². The van der Waals surface area contributed by atoms with Gasteiger partial charge in [0.1, 0.15) is 0 Å². The highest BCUT2D eigenvalue weighted by atomic mass is 35.5. The minimum atomic E-state index is -3.61. The SMILES string of the molecule is Cc1ccc(S(=O)(=O)NCC(Cl)C(C)C)c2cccnc12. The van der Waals surface area contributed by atoms with Crippen LogP contribution in [0.5, 0.6) is 0 Å². The summed E-state index contributed by atoms with van der Waals surface area (Å²) in [5.41, 5.74) is 1.65. The minimum Gasteiger partial charge on any atom is -0.256 e. The van der Waals surface area contributed by atoms with Gasteiger partial charge in [0.25, 0.3) is 0 Å². The van der Waals surface area contributed by atoms with Crippen LogP contribution >= 0.6 is 11.6 Å². The molecule has 1 heterocycles. The van der Waals surface area contributed by atoms with Crippen LogP contribution in [0, 0.1) is 12.8 Å². The van der Waals surface area contributed by atoms with Gasteiger partial charge < -0.3 is 0 Å². The summed E-state index contributed by atoms with van der Waals surface area (Å²) in [7, 11) is -3.61. The molecule has 0 aliphatic heterocycles. The summed E-state index contributed by atoms with van der Waals surface area (Å²) >= 11 is 6.11. The van der Waals surface area contributed by atoms with Crippen LogP contribution in [0.4, 0.5) is 0 Å². The summed E-state index contributed by atoms with van der Waals surface area (Å²) < 4.78 is 27.6. The second-order valence-corrected chi connectivity index (χ2v) is 7.69. The Morgan fingerprint density at radius 3 is 2.67 bits per heavy atom. The van der Waals surface area contributed by atoms with E-state index in [1.54, 1.807) is 30.5 Å². The zero-order valence-electron chi connectivity index (χ0n) is 12.3. The van der Waals surface area contributed by atoms with E-state index >= 15 is 0 Å². The number of fused-ring (bicyclic) bond motifs is 1. The highest BCUT2D eigenvalue weighted by Crippen LogP contribution is 2.24. The first-order valence-corrected chi connectivity index (χ1v) is 8.73. The van der Waals surface area contributed by atoms with Gasteiger partial charge in [-0.25, -0.2) is 13.1 Å². The van der Waals surface area contributed by atoms with E-state index in [2.05, 4.69) is 9.71 Å². The molecule has 114 valence electrons. The van der Waals surface area contributed by atoms with Crippen LogP contribution in [0.1, 0.15) is 19.4 Å². The number of halogens is 1. The maximum absolute atomic E-state index is 12.5. The van der Waals surface area contributed by atoms with Crippen molar-refractivity contribution in [2.75, 3.05) is 6.54 Å². The van der Waals surface area contributed by atoms with Gasteiger partial charge in [-0.15, -0.1) is 11.6 Å². The van der Waals surface area contributed by atoms with Crippen LogP contribution in [-0.4, -0.2) is 25.3 Å². The Balaban J connectivity index is 2.39. The number of benzene rings is 1. The third-order valence-electron chi connectivity index (χ3n) is 3.41. The zero-order chi connectivity index (χ0) is 15.6. The molecule has 1 N–H and O–H groups in total. The number of pyridine rings is 1. The van der Waals surface area contributed by atoms with Crippen LogP contribution < -0.4 is 4.72 Å². The predicted octanol–water partition coefficient (Wildman–Crippen LogP) is 3.08. The zero-order valence-corrected chi connectivity index (χ0v) is 13.9. The van der Waals surface area contributed by atoms with Crippen molar-refractivity contribution in [1.82, 2.24) is 9.71 Å². The second-order valence-electron chi connectivity index (χ2n) is 5.39. The highest BCUT2D eigenvalue weighted by molar-refractivity contribution is 7.89. The quantitative estimate of drug-likeness (QED) is 0.859. The van der Waals surface area contributed by atoms with Crippen molar-refractivity contribution in [3.05, 3.63) is 36.0 Å². The Bertz CT molecular complexity index is 744. The Morgan fingerprint density at radius 2 is 2.00 bits per heavy atom. The van der Waals surface area contributed by atoms with E-state index in [-0.39, 0.29) is 22.7 Å². The van der Waals surface area contributed by atoms with E-state index in [1.807, 2.05) is 20.8 Å². The molecule has 0 fully saturated rings. The molecule has 1 unspecified atom stereocenters. The molecule has 0 aliphatic carbocycles. The first-order valence-electron chi connectivity index (χ1n) is 6.81. The lowest BCUT2D eigenvalue weighted by atomic mass is 10.1. The summed E-state index contributed by atoms with van der Waals surface area (Å²) in [5, 5.41) is 0.385. The molecule has 1 aromatic carbocycles. The van der Waals surface area contributed by atoms with Crippen molar-refractivity contribution in [2.45, 2.75) is 31.0 Å². The van der Waals surface area contributed by atoms with E-state index in [4.69, 9.17) is 11.6 Å². The maximum atomic E-state index is 12.5. The number of sulfonamides is 1. The lowest BCUT2D eigenvalue weighted by Gasteiger charge is -2.15. The summed E-state index contributed by atoms with van der Waals surface area (Å²) in [6, 6.07) is 6.88. The van der Waals surface area contributed by atoms with Crippen molar-refractivity contribution in [3.63, 3.8) is 0 Å². The van der Waals surface area contributed by atoms with E-state index in [1.165, 1.54) is 0 Å². The number of hydrogen-bond donors (Lipinski definition) is 1. The Morgan fingerprint density at radius 1 is 1.29 bits per heavy atom. The first-order chi connectivity index (χ1) is 9.83. The Labute approximate surface area is 130 Å². The minimum absolute atomic E-state index is 0.200. The third-order valence-corrected chi connectivity index (χ3v) is 5.55. The summed E-state index contributed by atoms with van der Waals surface area (Å²) in [6.45, 7) is 6.03. The molecule has 6 heteroatoms. The number of nitrogens with one attached hydrogen (secondary N) is 1. The molecule has 1 atom stereocenters. The molecule has 2 aromatic rings. The first kappa shape index (κ1) is 16.2. The van der Waals surface area contributed by atoms with Crippen molar-refractivity contribution >= 4 is 32.5 Å². The van der Waals surface area contributed by atoms with Gasteiger partial charge >= 0.3 is 0 Å². The molecule has 1 aromatic heterocycles. The molecule has 0 radical (unpaired) electrons. The van der Waals surface area contributed by atoms with Crippen molar-refractivity contribution in [2.24, 2.45) is 5.92 Å². The van der Waals surface area contributed by atoms with E-state index < -0.39 is 10.0 Å². The monoisotopic (exact) mass is 326 g/mol. The van der Waals surface area contributed by atoms with Gasteiger partial charge in [0.2, 0.25) is 10.0 Å². The second kappa shape index (κ2) is 6.30. The fourth-order valence-corrected chi connectivity index (χ4v) is 3.45. The van der Waals surface area contributed by atoms with Gasteiger partial charge in [0.15, 0.2) is 0 Å². The third kappa shape index (κ3) is 3.54.